The van der Waals surface area contributed by atoms with Crippen molar-refractivity contribution in [1.29, 1.82) is 0 Å². The van der Waals surface area contributed by atoms with Crippen molar-refractivity contribution in [3.05, 3.63) is 50.4 Å². The highest BCUT2D eigenvalue weighted by Gasteiger charge is 2.11. The minimum Gasteiger partial charge on any atom is -0.220 e. The summed E-state index contributed by atoms with van der Waals surface area (Å²) in [4.78, 5) is 9.80. The molecule has 6 heteroatoms. The summed E-state index contributed by atoms with van der Waals surface area (Å²) in [5.41, 5.74) is 0.840. The molecule has 20 heavy (non-hydrogen) atoms. The maximum Gasteiger partial charge on any atom is 0.142 e. The van der Waals surface area contributed by atoms with Gasteiger partial charge in [0.1, 0.15) is 16.1 Å². The van der Waals surface area contributed by atoms with E-state index in [4.69, 9.17) is 23.2 Å². The molecule has 0 radical (unpaired) electrons. The van der Waals surface area contributed by atoms with Gasteiger partial charge in [0.15, 0.2) is 0 Å². The van der Waals surface area contributed by atoms with Crippen molar-refractivity contribution in [3.63, 3.8) is 0 Å². The van der Waals surface area contributed by atoms with E-state index in [2.05, 4.69) is 38.9 Å². The molecule has 0 amide bonds. The highest BCUT2D eigenvalue weighted by molar-refractivity contribution is 9.10. The molecule has 2 nitrogen and oxygen atoms in total. The molecular formula is C14H13BrCl2N2S. The normalized spacial score (nSPS) is 10.8. The Morgan fingerprint density at radius 2 is 1.90 bits per heavy atom. The largest absolute Gasteiger partial charge is 0.220 e. The first kappa shape index (κ1) is 16.1. The summed E-state index contributed by atoms with van der Waals surface area (Å²) in [5.74, 6) is 1.30. The Balaban J connectivity index is 2.10. The first-order valence-electron chi connectivity index (χ1n) is 6.19. The van der Waals surface area contributed by atoms with Crippen LogP contribution in [0.1, 0.15) is 24.7 Å². The predicted octanol–water partition coefficient (Wildman–Crippen LogP) is 5.79. The number of hydrogen-bond donors (Lipinski definition) is 0. The molecule has 0 aliphatic carbocycles. The van der Waals surface area contributed by atoms with Crippen molar-refractivity contribution in [2.75, 3.05) is 0 Å². The van der Waals surface area contributed by atoms with Crippen LogP contribution in [-0.2, 0) is 12.2 Å². The second-order valence-corrected chi connectivity index (χ2v) is 6.88. The van der Waals surface area contributed by atoms with Crippen molar-refractivity contribution in [2.24, 2.45) is 0 Å². The van der Waals surface area contributed by atoms with E-state index in [1.54, 1.807) is 11.8 Å². The van der Waals surface area contributed by atoms with Gasteiger partial charge in [-0.15, -0.1) is 11.8 Å². The van der Waals surface area contributed by atoms with Gasteiger partial charge in [-0.1, -0.05) is 58.5 Å². The standard InChI is InChI=1S/C14H13BrCl2N2S/c1-2-4-11-13(16)18-12(19-14(11)17)8-20-10-6-3-5-9(15)7-10/h3,5-7H,2,4,8H2,1H3. The van der Waals surface area contributed by atoms with Gasteiger partial charge in [-0.25, -0.2) is 9.97 Å². The van der Waals surface area contributed by atoms with Crippen LogP contribution in [0.2, 0.25) is 10.3 Å². The van der Waals surface area contributed by atoms with E-state index < -0.39 is 0 Å². The quantitative estimate of drug-likeness (QED) is 0.476. The van der Waals surface area contributed by atoms with Crippen LogP contribution < -0.4 is 0 Å². The van der Waals surface area contributed by atoms with Gasteiger partial charge >= 0.3 is 0 Å². The first-order chi connectivity index (χ1) is 9.60. The maximum atomic E-state index is 6.17. The fraction of sp³-hybridized carbons (Fsp3) is 0.286. The molecule has 2 rings (SSSR count). The number of benzene rings is 1. The van der Waals surface area contributed by atoms with Gasteiger partial charge in [0.25, 0.3) is 0 Å². The molecule has 2 aromatic rings. The topological polar surface area (TPSA) is 25.8 Å². The Kier molecular flexibility index (Phi) is 6.15. The lowest BCUT2D eigenvalue weighted by Gasteiger charge is -2.07. The van der Waals surface area contributed by atoms with Crippen LogP contribution in [0.15, 0.2) is 33.6 Å². The van der Waals surface area contributed by atoms with Gasteiger partial charge in [-0.2, -0.15) is 0 Å². The first-order valence-corrected chi connectivity index (χ1v) is 8.72. The van der Waals surface area contributed by atoms with Gasteiger partial charge in [0, 0.05) is 14.9 Å². The summed E-state index contributed by atoms with van der Waals surface area (Å²) in [6, 6.07) is 8.09. The van der Waals surface area contributed by atoms with Crippen LogP contribution in [0.4, 0.5) is 0 Å². The van der Waals surface area contributed by atoms with Crippen molar-refractivity contribution in [3.8, 4) is 0 Å². The Morgan fingerprint density at radius 3 is 2.50 bits per heavy atom. The zero-order valence-electron chi connectivity index (χ0n) is 10.9. The molecule has 106 valence electrons. The number of rotatable bonds is 5. The number of aromatic nitrogens is 2. The Morgan fingerprint density at radius 1 is 1.20 bits per heavy atom. The Bertz CT molecular complexity index is 584. The van der Waals surface area contributed by atoms with E-state index in [1.807, 2.05) is 18.2 Å². The van der Waals surface area contributed by atoms with Crippen LogP contribution in [0.5, 0.6) is 0 Å². The van der Waals surface area contributed by atoms with Gasteiger partial charge in [-0.3, -0.25) is 0 Å². The van der Waals surface area contributed by atoms with Crippen LogP contribution >= 0.6 is 50.9 Å². The summed E-state index contributed by atoms with van der Waals surface area (Å²) in [6.07, 6.45) is 1.77. The SMILES string of the molecule is CCCc1c(Cl)nc(CSc2cccc(Br)c2)nc1Cl. The van der Waals surface area contributed by atoms with Crippen molar-refractivity contribution < 1.29 is 0 Å². The van der Waals surface area contributed by atoms with Crippen molar-refractivity contribution >= 4 is 50.9 Å². The molecule has 0 unspecified atom stereocenters. The molecule has 0 atom stereocenters. The van der Waals surface area contributed by atoms with Gasteiger partial charge < -0.3 is 0 Å². The molecule has 1 aromatic heterocycles. The van der Waals surface area contributed by atoms with E-state index in [9.17, 15) is 0 Å². The van der Waals surface area contributed by atoms with Crippen LogP contribution in [0.3, 0.4) is 0 Å². The number of nitrogens with zero attached hydrogens (tertiary/aromatic N) is 2. The second-order valence-electron chi connectivity index (χ2n) is 4.20. The third kappa shape index (κ3) is 4.35. The summed E-state index contributed by atoms with van der Waals surface area (Å²) in [6.45, 7) is 2.07. The number of thioether (sulfide) groups is 1. The average Bonchev–Trinajstić information content (AvgIpc) is 2.41. The average molecular weight is 392 g/mol. The minimum absolute atomic E-state index is 0.469. The molecule has 0 saturated heterocycles. The van der Waals surface area contributed by atoms with Crippen LogP contribution in [-0.4, -0.2) is 9.97 Å². The van der Waals surface area contributed by atoms with Crippen molar-refractivity contribution in [2.45, 2.75) is 30.4 Å². The van der Waals surface area contributed by atoms with Crippen LogP contribution in [0, 0.1) is 0 Å². The highest BCUT2D eigenvalue weighted by atomic mass is 79.9. The lowest BCUT2D eigenvalue weighted by molar-refractivity contribution is 0.888. The monoisotopic (exact) mass is 390 g/mol. The molecule has 1 aromatic carbocycles. The fourth-order valence-electron chi connectivity index (χ4n) is 1.70. The van der Waals surface area contributed by atoms with Gasteiger partial charge in [0.05, 0.1) is 5.75 Å². The molecule has 0 bridgehead atoms. The zero-order valence-corrected chi connectivity index (χ0v) is 14.8. The second kappa shape index (κ2) is 7.64. The molecule has 0 spiro atoms. The van der Waals surface area contributed by atoms with E-state index in [-0.39, 0.29) is 0 Å². The minimum atomic E-state index is 0.469. The zero-order chi connectivity index (χ0) is 14.5. The maximum absolute atomic E-state index is 6.17. The van der Waals surface area contributed by atoms with E-state index >= 15 is 0 Å². The summed E-state index contributed by atoms with van der Waals surface area (Å²) >= 11 is 17.4. The number of hydrogen-bond acceptors (Lipinski definition) is 3. The summed E-state index contributed by atoms with van der Waals surface area (Å²) in [5, 5.41) is 0.938. The van der Waals surface area contributed by atoms with E-state index in [0.29, 0.717) is 21.9 Å². The van der Waals surface area contributed by atoms with Gasteiger partial charge in [0.2, 0.25) is 0 Å². The predicted molar refractivity (Wildman–Crippen MR) is 89.8 cm³/mol. The van der Waals surface area contributed by atoms with E-state index in [1.165, 1.54) is 0 Å². The third-order valence-corrected chi connectivity index (χ3v) is 4.72. The molecule has 1 heterocycles. The third-order valence-electron chi connectivity index (χ3n) is 2.62. The smallest absolute Gasteiger partial charge is 0.142 e. The molecular weight excluding hydrogens is 379 g/mol. The highest BCUT2D eigenvalue weighted by Crippen LogP contribution is 2.27. The van der Waals surface area contributed by atoms with Crippen LogP contribution in [0.25, 0.3) is 0 Å². The lowest BCUT2D eigenvalue weighted by Crippen LogP contribution is -1.99. The molecule has 0 N–H and O–H groups in total. The molecule has 0 aliphatic heterocycles. The Hall–Kier alpha value is -0.290. The lowest BCUT2D eigenvalue weighted by atomic mass is 10.2. The summed E-state index contributed by atoms with van der Waals surface area (Å²) in [7, 11) is 0. The van der Waals surface area contributed by atoms with E-state index in [0.717, 1.165) is 27.8 Å². The molecule has 0 saturated carbocycles. The van der Waals surface area contributed by atoms with Gasteiger partial charge in [-0.05, 0) is 24.6 Å². The van der Waals surface area contributed by atoms with Crippen molar-refractivity contribution in [1.82, 2.24) is 9.97 Å². The summed E-state index contributed by atoms with van der Waals surface area (Å²) < 4.78 is 1.05. The fourth-order valence-corrected chi connectivity index (χ4v) is 3.67. The molecule has 0 aliphatic rings. The Labute approximate surface area is 141 Å². The molecule has 0 fully saturated rings. The number of halogens is 3.